The van der Waals surface area contributed by atoms with Crippen molar-refractivity contribution in [2.75, 3.05) is 11.2 Å². The van der Waals surface area contributed by atoms with Crippen molar-refractivity contribution in [1.82, 2.24) is 9.97 Å². The molecule has 0 amide bonds. The first-order valence-corrected chi connectivity index (χ1v) is 5.72. The zero-order valence-electron chi connectivity index (χ0n) is 9.26. The molecule has 5 nitrogen and oxygen atoms in total. The van der Waals surface area contributed by atoms with Crippen LogP contribution in [0.4, 0.5) is 11.8 Å². The highest BCUT2D eigenvalue weighted by Gasteiger charge is 2.10. The lowest BCUT2D eigenvalue weighted by molar-refractivity contribution is 0.445. The quantitative estimate of drug-likeness (QED) is 0.602. The highest BCUT2D eigenvalue weighted by molar-refractivity contribution is 5.62. The van der Waals surface area contributed by atoms with Crippen LogP contribution < -0.4 is 11.2 Å². The third-order valence-corrected chi connectivity index (χ3v) is 2.79. The van der Waals surface area contributed by atoms with Gasteiger partial charge in [0.2, 0.25) is 5.95 Å². The number of hydrogen-bond acceptors (Lipinski definition) is 5. The maximum atomic E-state index is 5.46. The molecule has 0 radical (unpaired) electrons. The van der Waals surface area contributed by atoms with Gasteiger partial charge in [0.1, 0.15) is 0 Å². The number of rotatable bonds is 3. The normalized spacial score (nSPS) is 17.8. The second-order valence-corrected chi connectivity index (χ2v) is 4.09. The highest BCUT2D eigenvalue weighted by Crippen LogP contribution is 2.21. The standard InChI is InChI=1S/C11H17N5/c12-11-13-7-6-10(15-11)16-14-8-9-4-2-1-3-5-9/h6-9H,1-5H2,(H3,12,13,15,16)/b14-8+. The second kappa shape index (κ2) is 5.44. The summed E-state index contributed by atoms with van der Waals surface area (Å²) in [5.41, 5.74) is 8.33. The average Bonchev–Trinajstić information content (AvgIpc) is 2.30. The summed E-state index contributed by atoms with van der Waals surface area (Å²) in [4.78, 5) is 7.81. The van der Waals surface area contributed by atoms with Gasteiger partial charge >= 0.3 is 0 Å². The third-order valence-electron chi connectivity index (χ3n) is 2.79. The zero-order valence-corrected chi connectivity index (χ0v) is 9.26. The summed E-state index contributed by atoms with van der Waals surface area (Å²) in [7, 11) is 0. The molecule has 0 aromatic carbocycles. The summed E-state index contributed by atoms with van der Waals surface area (Å²) >= 11 is 0. The van der Waals surface area contributed by atoms with Crippen LogP contribution >= 0.6 is 0 Å². The van der Waals surface area contributed by atoms with Crippen molar-refractivity contribution in [3.8, 4) is 0 Å². The van der Waals surface area contributed by atoms with Crippen LogP contribution in [0.2, 0.25) is 0 Å². The fourth-order valence-electron chi connectivity index (χ4n) is 1.93. The molecule has 3 N–H and O–H groups in total. The number of hydrazone groups is 1. The predicted molar refractivity (Wildman–Crippen MR) is 65.1 cm³/mol. The van der Waals surface area contributed by atoms with E-state index in [0.717, 1.165) is 0 Å². The van der Waals surface area contributed by atoms with Gasteiger partial charge in [-0.2, -0.15) is 10.1 Å². The van der Waals surface area contributed by atoms with Gasteiger partial charge in [-0.15, -0.1) is 0 Å². The number of hydrogen-bond donors (Lipinski definition) is 2. The predicted octanol–water partition coefficient (Wildman–Crippen LogP) is 2.04. The SMILES string of the molecule is Nc1nccc(N/N=C/C2CCCCC2)n1. The summed E-state index contributed by atoms with van der Waals surface area (Å²) < 4.78 is 0. The minimum Gasteiger partial charge on any atom is -0.368 e. The molecule has 2 rings (SSSR count). The van der Waals surface area contributed by atoms with E-state index in [1.54, 1.807) is 12.3 Å². The number of nitrogens with zero attached hydrogens (tertiary/aromatic N) is 3. The van der Waals surface area contributed by atoms with Crippen molar-refractivity contribution in [3.63, 3.8) is 0 Å². The Hall–Kier alpha value is -1.65. The molecule has 1 aromatic heterocycles. The van der Waals surface area contributed by atoms with E-state index in [2.05, 4.69) is 20.5 Å². The summed E-state index contributed by atoms with van der Waals surface area (Å²) in [5, 5.41) is 4.19. The van der Waals surface area contributed by atoms with E-state index in [0.29, 0.717) is 11.7 Å². The minimum atomic E-state index is 0.262. The molecule has 0 unspecified atom stereocenters. The Kier molecular flexibility index (Phi) is 3.69. The van der Waals surface area contributed by atoms with Crippen LogP contribution in [-0.2, 0) is 0 Å². The van der Waals surface area contributed by atoms with Gasteiger partial charge < -0.3 is 5.73 Å². The molecule has 16 heavy (non-hydrogen) atoms. The number of nitrogen functional groups attached to an aromatic ring is 1. The maximum absolute atomic E-state index is 5.46. The molecular formula is C11H17N5. The van der Waals surface area contributed by atoms with Crippen molar-refractivity contribution in [2.24, 2.45) is 11.0 Å². The minimum absolute atomic E-state index is 0.262. The van der Waals surface area contributed by atoms with Crippen LogP contribution in [0, 0.1) is 5.92 Å². The highest BCUT2D eigenvalue weighted by atomic mass is 15.3. The molecule has 0 atom stereocenters. The molecule has 0 bridgehead atoms. The van der Waals surface area contributed by atoms with Crippen LogP contribution in [0.3, 0.4) is 0 Å². The van der Waals surface area contributed by atoms with E-state index in [9.17, 15) is 0 Å². The molecular weight excluding hydrogens is 202 g/mol. The van der Waals surface area contributed by atoms with Gasteiger partial charge in [0.05, 0.1) is 0 Å². The lowest BCUT2D eigenvalue weighted by Crippen LogP contribution is -2.08. The number of nitrogens with one attached hydrogen (secondary N) is 1. The Bertz CT molecular complexity index is 357. The van der Waals surface area contributed by atoms with E-state index in [1.807, 2.05) is 6.21 Å². The van der Waals surface area contributed by atoms with Gasteiger partial charge in [-0.25, -0.2) is 4.98 Å². The number of anilines is 2. The fraction of sp³-hybridized carbons (Fsp3) is 0.545. The molecule has 0 saturated heterocycles. The van der Waals surface area contributed by atoms with Crippen molar-refractivity contribution in [3.05, 3.63) is 12.3 Å². The molecule has 86 valence electrons. The summed E-state index contributed by atoms with van der Waals surface area (Å²) in [6, 6.07) is 1.74. The summed E-state index contributed by atoms with van der Waals surface area (Å²) in [5.74, 6) is 1.51. The van der Waals surface area contributed by atoms with E-state index in [-0.39, 0.29) is 5.95 Å². The number of nitrogens with two attached hydrogens (primary N) is 1. The first-order valence-electron chi connectivity index (χ1n) is 5.72. The van der Waals surface area contributed by atoms with Crippen molar-refractivity contribution in [1.29, 1.82) is 0 Å². The fourth-order valence-corrected chi connectivity index (χ4v) is 1.93. The Morgan fingerprint density at radius 3 is 2.94 bits per heavy atom. The van der Waals surface area contributed by atoms with Crippen molar-refractivity contribution < 1.29 is 0 Å². The lowest BCUT2D eigenvalue weighted by Gasteiger charge is -2.16. The van der Waals surface area contributed by atoms with E-state index < -0.39 is 0 Å². The molecule has 1 aliphatic rings. The molecule has 1 fully saturated rings. The largest absolute Gasteiger partial charge is 0.368 e. The van der Waals surface area contributed by atoms with Crippen LogP contribution in [0.25, 0.3) is 0 Å². The van der Waals surface area contributed by atoms with Gasteiger partial charge in [0.25, 0.3) is 0 Å². The Labute approximate surface area is 95.2 Å². The smallest absolute Gasteiger partial charge is 0.221 e. The Morgan fingerprint density at radius 1 is 1.38 bits per heavy atom. The van der Waals surface area contributed by atoms with E-state index >= 15 is 0 Å². The number of aromatic nitrogens is 2. The van der Waals surface area contributed by atoms with Crippen molar-refractivity contribution in [2.45, 2.75) is 32.1 Å². The van der Waals surface area contributed by atoms with Gasteiger partial charge in [0, 0.05) is 18.5 Å². The third kappa shape index (κ3) is 3.18. The Morgan fingerprint density at radius 2 is 2.19 bits per heavy atom. The van der Waals surface area contributed by atoms with Gasteiger partial charge in [0.15, 0.2) is 5.82 Å². The second-order valence-electron chi connectivity index (χ2n) is 4.09. The van der Waals surface area contributed by atoms with Gasteiger partial charge in [-0.3, -0.25) is 5.43 Å². The molecule has 1 aliphatic carbocycles. The van der Waals surface area contributed by atoms with Crippen molar-refractivity contribution >= 4 is 18.0 Å². The molecule has 1 heterocycles. The molecule has 1 aromatic rings. The molecule has 0 aliphatic heterocycles. The summed E-state index contributed by atoms with van der Waals surface area (Å²) in [6.45, 7) is 0. The molecule has 5 heteroatoms. The Balaban J connectivity index is 1.84. The van der Waals surface area contributed by atoms with Crippen LogP contribution in [0.1, 0.15) is 32.1 Å². The van der Waals surface area contributed by atoms with E-state index in [1.165, 1.54) is 32.1 Å². The van der Waals surface area contributed by atoms with Crippen LogP contribution in [0.15, 0.2) is 17.4 Å². The first-order chi connectivity index (χ1) is 7.84. The molecule has 0 spiro atoms. The summed E-state index contributed by atoms with van der Waals surface area (Å²) in [6.07, 6.45) is 10.1. The monoisotopic (exact) mass is 219 g/mol. The lowest BCUT2D eigenvalue weighted by atomic mass is 9.90. The van der Waals surface area contributed by atoms with Gasteiger partial charge in [-0.1, -0.05) is 19.3 Å². The average molecular weight is 219 g/mol. The van der Waals surface area contributed by atoms with Crippen LogP contribution in [-0.4, -0.2) is 16.2 Å². The van der Waals surface area contributed by atoms with E-state index in [4.69, 9.17) is 5.73 Å². The maximum Gasteiger partial charge on any atom is 0.221 e. The molecule has 1 saturated carbocycles. The zero-order chi connectivity index (χ0) is 11.2. The van der Waals surface area contributed by atoms with Gasteiger partial charge in [-0.05, 0) is 18.8 Å². The topological polar surface area (TPSA) is 76.2 Å². The first kappa shape index (κ1) is 10.9. The van der Waals surface area contributed by atoms with Crippen LogP contribution in [0.5, 0.6) is 0 Å².